The molecule has 0 bridgehead atoms. The van der Waals surface area contributed by atoms with Crippen LogP contribution >= 0.6 is 35.6 Å². The molecule has 0 saturated heterocycles. The zero-order chi connectivity index (χ0) is 18.2. The molecule has 2 rings (SSSR count). The SMILES string of the molecule is CCNC(=NCc1nnc(C)n1C)NCC(CC)c1ccc(Cl)cc1.I. The largest absolute Gasteiger partial charge is 0.357 e. The van der Waals surface area contributed by atoms with Gasteiger partial charge in [-0.25, -0.2) is 4.99 Å². The molecule has 0 amide bonds. The van der Waals surface area contributed by atoms with E-state index in [1.54, 1.807) is 0 Å². The van der Waals surface area contributed by atoms with Crippen molar-refractivity contribution in [1.29, 1.82) is 0 Å². The predicted octanol–water partition coefficient (Wildman–Crippen LogP) is 3.64. The Morgan fingerprint density at radius 2 is 1.88 bits per heavy atom. The summed E-state index contributed by atoms with van der Waals surface area (Å²) in [6.45, 7) is 8.28. The van der Waals surface area contributed by atoms with Gasteiger partial charge in [0.1, 0.15) is 12.4 Å². The first-order chi connectivity index (χ1) is 12.0. The molecule has 8 heteroatoms. The second-order valence-electron chi connectivity index (χ2n) is 5.96. The van der Waals surface area contributed by atoms with Gasteiger partial charge in [0.15, 0.2) is 11.8 Å². The molecule has 6 nitrogen and oxygen atoms in total. The van der Waals surface area contributed by atoms with Crippen LogP contribution in [0.5, 0.6) is 0 Å². The van der Waals surface area contributed by atoms with Gasteiger partial charge in [-0.3, -0.25) is 0 Å². The Labute approximate surface area is 177 Å². The van der Waals surface area contributed by atoms with E-state index in [2.05, 4.69) is 51.8 Å². The summed E-state index contributed by atoms with van der Waals surface area (Å²) in [6, 6.07) is 8.06. The Morgan fingerprint density at radius 3 is 2.42 bits per heavy atom. The van der Waals surface area contributed by atoms with Gasteiger partial charge in [-0.2, -0.15) is 0 Å². The normalized spacial score (nSPS) is 12.4. The van der Waals surface area contributed by atoms with Crippen LogP contribution in [0, 0.1) is 6.92 Å². The number of benzene rings is 1. The lowest BCUT2D eigenvalue weighted by Crippen LogP contribution is -2.39. The third-order valence-electron chi connectivity index (χ3n) is 4.26. The number of aliphatic imine (C=N–C) groups is 1. The molecule has 0 aliphatic carbocycles. The maximum absolute atomic E-state index is 5.98. The van der Waals surface area contributed by atoms with Crippen molar-refractivity contribution in [2.75, 3.05) is 13.1 Å². The number of halogens is 2. The molecule has 1 aromatic heterocycles. The van der Waals surface area contributed by atoms with Crippen molar-refractivity contribution >= 4 is 41.5 Å². The molecule has 1 unspecified atom stereocenters. The third-order valence-corrected chi connectivity index (χ3v) is 4.51. The smallest absolute Gasteiger partial charge is 0.191 e. The number of guanidine groups is 1. The van der Waals surface area contributed by atoms with Crippen LogP contribution in [0.25, 0.3) is 0 Å². The van der Waals surface area contributed by atoms with E-state index >= 15 is 0 Å². The molecule has 0 fully saturated rings. The van der Waals surface area contributed by atoms with E-state index in [-0.39, 0.29) is 24.0 Å². The second-order valence-corrected chi connectivity index (χ2v) is 6.39. The minimum atomic E-state index is 0. The monoisotopic (exact) mass is 490 g/mol. The predicted molar refractivity (Wildman–Crippen MR) is 118 cm³/mol. The second kappa shape index (κ2) is 11.4. The van der Waals surface area contributed by atoms with Crippen LogP contribution in [0.1, 0.15) is 43.4 Å². The summed E-state index contributed by atoms with van der Waals surface area (Å²) in [5.41, 5.74) is 1.28. The first kappa shape index (κ1) is 22.7. The lowest BCUT2D eigenvalue weighted by atomic mass is 9.96. The van der Waals surface area contributed by atoms with Gasteiger partial charge in [0, 0.05) is 31.1 Å². The maximum Gasteiger partial charge on any atom is 0.191 e. The number of aromatic nitrogens is 3. The first-order valence-corrected chi connectivity index (χ1v) is 9.05. The Morgan fingerprint density at radius 1 is 1.19 bits per heavy atom. The van der Waals surface area contributed by atoms with Gasteiger partial charge >= 0.3 is 0 Å². The minimum Gasteiger partial charge on any atom is -0.357 e. The van der Waals surface area contributed by atoms with Crippen LogP contribution in [-0.2, 0) is 13.6 Å². The molecule has 0 aliphatic rings. The van der Waals surface area contributed by atoms with Crippen LogP contribution in [0.4, 0.5) is 0 Å². The molecule has 0 radical (unpaired) electrons. The fourth-order valence-corrected chi connectivity index (χ4v) is 2.66. The number of hydrogen-bond acceptors (Lipinski definition) is 3. The molecule has 1 heterocycles. The zero-order valence-corrected chi connectivity index (χ0v) is 18.9. The first-order valence-electron chi connectivity index (χ1n) is 8.67. The van der Waals surface area contributed by atoms with Gasteiger partial charge in [0.2, 0.25) is 0 Å². The summed E-state index contributed by atoms with van der Waals surface area (Å²) in [4.78, 5) is 4.62. The molecule has 0 saturated carbocycles. The summed E-state index contributed by atoms with van der Waals surface area (Å²) >= 11 is 5.98. The van der Waals surface area contributed by atoms with Crippen molar-refractivity contribution in [1.82, 2.24) is 25.4 Å². The summed E-state index contributed by atoms with van der Waals surface area (Å²) in [5, 5.41) is 15.7. The summed E-state index contributed by atoms with van der Waals surface area (Å²) < 4.78 is 1.95. The lowest BCUT2D eigenvalue weighted by Gasteiger charge is -2.18. The van der Waals surface area contributed by atoms with Crippen LogP contribution in [0.3, 0.4) is 0 Å². The highest BCUT2D eigenvalue weighted by molar-refractivity contribution is 14.0. The Bertz CT molecular complexity index is 698. The molecule has 0 spiro atoms. The number of hydrogen-bond donors (Lipinski definition) is 2. The van der Waals surface area contributed by atoms with Crippen LogP contribution < -0.4 is 10.6 Å². The Balaban J connectivity index is 0.00000338. The quantitative estimate of drug-likeness (QED) is 0.353. The minimum absolute atomic E-state index is 0. The molecule has 1 atom stereocenters. The van der Waals surface area contributed by atoms with Gasteiger partial charge < -0.3 is 15.2 Å². The topological polar surface area (TPSA) is 67.1 Å². The summed E-state index contributed by atoms with van der Waals surface area (Å²) in [6.07, 6.45) is 1.04. The average molecular weight is 491 g/mol. The molecular formula is C18H28ClIN6. The van der Waals surface area contributed by atoms with E-state index in [0.29, 0.717) is 12.5 Å². The maximum atomic E-state index is 5.98. The van der Waals surface area contributed by atoms with E-state index < -0.39 is 0 Å². The van der Waals surface area contributed by atoms with E-state index in [1.807, 2.05) is 30.7 Å². The van der Waals surface area contributed by atoms with Crippen molar-refractivity contribution in [3.05, 3.63) is 46.5 Å². The van der Waals surface area contributed by atoms with E-state index in [9.17, 15) is 0 Å². The Hall–Kier alpha value is -1.35. The van der Waals surface area contributed by atoms with E-state index in [1.165, 1.54) is 5.56 Å². The number of aryl methyl sites for hydroxylation is 1. The molecule has 2 aromatic rings. The molecule has 1 aromatic carbocycles. The molecule has 0 aliphatic heterocycles. The fourth-order valence-electron chi connectivity index (χ4n) is 2.53. The summed E-state index contributed by atoms with van der Waals surface area (Å²) in [5.74, 6) is 2.92. The Kier molecular flexibility index (Phi) is 9.93. The van der Waals surface area contributed by atoms with Crippen molar-refractivity contribution < 1.29 is 0 Å². The highest BCUT2D eigenvalue weighted by Crippen LogP contribution is 2.20. The fraction of sp³-hybridized carbons (Fsp3) is 0.500. The van der Waals surface area contributed by atoms with E-state index in [4.69, 9.17) is 11.6 Å². The molecule has 26 heavy (non-hydrogen) atoms. The number of nitrogens with zero attached hydrogens (tertiary/aromatic N) is 4. The number of nitrogens with one attached hydrogen (secondary N) is 2. The standard InChI is InChI=1S/C18H27ClN6.HI/c1-5-14(15-7-9-16(19)10-8-15)11-21-18(20-6-2)22-12-17-24-23-13(3)25(17)4;/h7-10,14H,5-6,11-12H2,1-4H3,(H2,20,21,22);1H. The van der Waals surface area contributed by atoms with Crippen LogP contribution in [0.2, 0.25) is 5.02 Å². The van der Waals surface area contributed by atoms with Gasteiger partial charge in [0.25, 0.3) is 0 Å². The summed E-state index contributed by atoms with van der Waals surface area (Å²) in [7, 11) is 1.95. The zero-order valence-electron chi connectivity index (χ0n) is 15.8. The average Bonchev–Trinajstić information content (AvgIpc) is 2.93. The van der Waals surface area contributed by atoms with Gasteiger partial charge in [-0.15, -0.1) is 34.2 Å². The molecule has 144 valence electrons. The van der Waals surface area contributed by atoms with Crippen LogP contribution in [-0.4, -0.2) is 33.8 Å². The van der Waals surface area contributed by atoms with Crippen molar-refractivity contribution in [3.8, 4) is 0 Å². The molecule has 2 N–H and O–H groups in total. The third kappa shape index (κ3) is 6.42. The van der Waals surface area contributed by atoms with Crippen molar-refractivity contribution in [3.63, 3.8) is 0 Å². The van der Waals surface area contributed by atoms with Gasteiger partial charge in [0.05, 0.1) is 0 Å². The van der Waals surface area contributed by atoms with Gasteiger partial charge in [-0.1, -0.05) is 30.7 Å². The van der Waals surface area contributed by atoms with Crippen LogP contribution in [0.15, 0.2) is 29.3 Å². The van der Waals surface area contributed by atoms with Crippen molar-refractivity contribution in [2.24, 2.45) is 12.0 Å². The van der Waals surface area contributed by atoms with Crippen molar-refractivity contribution in [2.45, 2.75) is 39.7 Å². The van der Waals surface area contributed by atoms with Gasteiger partial charge in [-0.05, 0) is 38.0 Å². The lowest BCUT2D eigenvalue weighted by molar-refractivity contribution is 0.629. The highest BCUT2D eigenvalue weighted by Gasteiger charge is 2.11. The molecular weight excluding hydrogens is 463 g/mol. The highest BCUT2D eigenvalue weighted by atomic mass is 127. The number of rotatable bonds is 7. The van der Waals surface area contributed by atoms with E-state index in [0.717, 1.165) is 42.1 Å².